The SMILES string of the molecule is CCC(C)(C)c1ccc(OCCCNC(=O)C2C3C=CC24C(Oc2ccc([N+](=O)[O-])cc2CNC(=O)C(F)(F)F)=C(OC)C=CC4C3O)c(C(C)(C)CC)c1. The van der Waals surface area contributed by atoms with E-state index in [4.69, 9.17) is 14.2 Å². The van der Waals surface area contributed by atoms with Gasteiger partial charge in [-0.1, -0.05) is 71.9 Å². The highest BCUT2D eigenvalue weighted by Crippen LogP contribution is 2.63. The van der Waals surface area contributed by atoms with Crippen molar-refractivity contribution in [3.8, 4) is 11.5 Å². The number of fused-ring (bicyclic) bond motifs is 1. The van der Waals surface area contributed by atoms with Crippen LogP contribution < -0.4 is 20.1 Å². The first-order valence-corrected chi connectivity index (χ1v) is 18.5. The summed E-state index contributed by atoms with van der Waals surface area (Å²) in [6.45, 7) is 13.0. The number of amides is 2. The van der Waals surface area contributed by atoms with Crippen molar-refractivity contribution in [2.24, 2.45) is 23.2 Å². The van der Waals surface area contributed by atoms with Gasteiger partial charge in [-0.25, -0.2) is 0 Å². The Bertz CT molecular complexity index is 1900. The number of nitrogens with zero attached hydrogens (tertiary/aromatic N) is 1. The average Bonchev–Trinajstić information content (AvgIpc) is 3.65. The summed E-state index contributed by atoms with van der Waals surface area (Å²) in [7, 11) is 1.38. The Morgan fingerprint density at radius 3 is 2.31 bits per heavy atom. The van der Waals surface area contributed by atoms with Gasteiger partial charge in [-0.15, -0.1) is 0 Å². The zero-order chi connectivity index (χ0) is 40.5. The van der Waals surface area contributed by atoms with Crippen molar-refractivity contribution in [1.82, 2.24) is 10.6 Å². The standard InChI is InChI=1S/C41H50F3N3O8/c1-8-38(3,4)25-11-14-31(29(22-25)39(5,6)9-2)54-20-10-19-45-36(49)33-27-17-18-40(33)28(34(27)48)13-16-32(53-7)35(40)55-30-15-12-26(47(51)52)21-24(30)23-46-37(50)41(42,43)44/h11-18,21-22,27-28,33-34,48H,8-10,19-20,23H2,1-7H3,(H,45,49)(H,46,50). The molecule has 2 bridgehead atoms. The second-order valence-corrected chi connectivity index (χ2v) is 15.6. The molecule has 2 aromatic rings. The smallest absolute Gasteiger partial charge is 0.471 e. The number of halogens is 3. The van der Waals surface area contributed by atoms with Gasteiger partial charge in [0.2, 0.25) is 5.91 Å². The zero-order valence-electron chi connectivity index (χ0n) is 32.2. The molecule has 1 saturated carbocycles. The molecule has 2 aromatic carbocycles. The van der Waals surface area contributed by atoms with E-state index in [1.165, 1.54) is 18.7 Å². The number of nitro groups is 1. The Kier molecular flexibility index (Phi) is 11.8. The predicted molar refractivity (Wildman–Crippen MR) is 199 cm³/mol. The highest BCUT2D eigenvalue weighted by molar-refractivity contribution is 5.83. The molecule has 0 saturated heterocycles. The van der Waals surface area contributed by atoms with Gasteiger partial charge in [-0.05, 0) is 53.9 Å². The minimum Gasteiger partial charge on any atom is -0.493 e. The number of benzene rings is 2. The number of hydrogen-bond donors (Lipinski definition) is 3. The molecule has 0 aromatic heterocycles. The van der Waals surface area contributed by atoms with Crippen LogP contribution in [0.15, 0.2) is 72.2 Å². The molecule has 14 heteroatoms. The fourth-order valence-electron chi connectivity index (χ4n) is 7.65. The molecule has 5 unspecified atom stereocenters. The van der Waals surface area contributed by atoms with E-state index in [9.17, 15) is 38.0 Å². The minimum absolute atomic E-state index is 0.0125. The molecule has 55 heavy (non-hydrogen) atoms. The molecule has 1 fully saturated rings. The monoisotopic (exact) mass is 769 g/mol. The molecule has 3 aliphatic carbocycles. The van der Waals surface area contributed by atoms with Gasteiger partial charge < -0.3 is 30.0 Å². The van der Waals surface area contributed by atoms with Crippen LogP contribution in [-0.2, 0) is 31.7 Å². The van der Waals surface area contributed by atoms with Crippen LogP contribution in [0.1, 0.15) is 77.5 Å². The first kappa shape index (κ1) is 41.3. The van der Waals surface area contributed by atoms with Crippen LogP contribution in [0, 0.1) is 33.3 Å². The van der Waals surface area contributed by atoms with Crippen molar-refractivity contribution in [1.29, 1.82) is 0 Å². The lowest BCUT2D eigenvalue weighted by Gasteiger charge is -2.39. The molecule has 11 nitrogen and oxygen atoms in total. The third-order valence-electron chi connectivity index (χ3n) is 11.7. The summed E-state index contributed by atoms with van der Waals surface area (Å²) in [6, 6.07) is 9.70. The number of nitrogens with one attached hydrogen (secondary N) is 2. The fraction of sp³-hybridized carbons (Fsp3) is 0.512. The number of hydrogen-bond acceptors (Lipinski definition) is 8. The molecule has 5 rings (SSSR count). The topological polar surface area (TPSA) is 149 Å². The molecule has 1 spiro atoms. The molecule has 2 amide bonds. The highest BCUT2D eigenvalue weighted by atomic mass is 19.4. The largest absolute Gasteiger partial charge is 0.493 e. The highest BCUT2D eigenvalue weighted by Gasteiger charge is 2.67. The number of carbonyl (C=O) groups is 2. The summed E-state index contributed by atoms with van der Waals surface area (Å²) in [5, 5.41) is 27.7. The summed E-state index contributed by atoms with van der Waals surface area (Å²) < 4.78 is 57.4. The molecular weight excluding hydrogens is 719 g/mol. The Hall–Kier alpha value is -4.85. The maximum absolute atomic E-state index is 14.1. The Labute approximate surface area is 319 Å². The van der Waals surface area contributed by atoms with E-state index < -0.39 is 58.5 Å². The number of rotatable bonds is 16. The number of ether oxygens (including phenoxy) is 3. The maximum Gasteiger partial charge on any atom is 0.471 e. The maximum atomic E-state index is 14.1. The van der Waals surface area contributed by atoms with E-state index in [-0.39, 0.29) is 46.1 Å². The van der Waals surface area contributed by atoms with Crippen molar-refractivity contribution in [3.63, 3.8) is 0 Å². The summed E-state index contributed by atoms with van der Waals surface area (Å²) >= 11 is 0. The van der Waals surface area contributed by atoms with Gasteiger partial charge in [0.25, 0.3) is 5.69 Å². The molecule has 3 N–H and O–H groups in total. The van der Waals surface area contributed by atoms with E-state index in [1.807, 2.05) is 6.07 Å². The lowest BCUT2D eigenvalue weighted by molar-refractivity contribution is -0.384. The predicted octanol–water partition coefficient (Wildman–Crippen LogP) is 7.32. The van der Waals surface area contributed by atoms with Gasteiger partial charge in [0.1, 0.15) is 11.5 Å². The van der Waals surface area contributed by atoms with Crippen LogP contribution in [0.25, 0.3) is 0 Å². The summed E-state index contributed by atoms with van der Waals surface area (Å²) in [6.07, 6.45) is 3.05. The van der Waals surface area contributed by atoms with Gasteiger partial charge in [-0.2, -0.15) is 13.2 Å². The van der Waals surface area contributed by atoms with Crippen molar-refractivity contribution < 1.29 is 47.0 Å². The van der Waals surface area contributed by atoms with E-state index in [2.05, 4.69) is 59.0 Å². The third kappa shape index (κ3) is 7.96. The number of carbonyl (C=O) groups excluding carboxylic acids is 2. The van der Waals surface area contributed by atoms with Crippen molar-refractivity contribution in [3.05, 3.63) is 99.0 Å². The minimum atomic E-state index is -5.18. The van der Waals surface area contributed by atoms with Crippen LogP contribution in [0.4, 0.5) is 18.9 Å². The lowest BCUT2D eigenvalue weighted by Crippen LogP contribution is -2.44. The second-order valence-electron chi connectivity index (χ2n) is 15.6. The van der Waals surface area contributed by atoms with Crippen molar-refractivity contribution in [2.45, 2.75) is 90.5 Å². The van der Waals surface area contributed by atoms with Crippen molar-refractivity contribution >= 4 is 17.5 Å². The molecule has 3 aliphatic rings. The fourth-order valence-corrected chi connectivity index (χ4v) is 7.65. The van der Waals surface area contributed by atoms with Gasteiger partial charge in [0.05, 0.1) is 36.1 Å². The number of alkyl halides is 3. The van der Waals surface area contributed by atoms with Gasteiger partial charge in [0.15, 0.2) is 11.5 Å². The van der Waals surface area contributed by atoms with Crippen LogP contribution in [0.2, 0.25) is 0 Å². The molecule has 0 heterocycles. The van der Waals surface area contributed by atoms with E-state index in [0.29, 0.717) is 13.0 Å². The van der Waals surface area contributed by atoms with E-state index in [1.54, 1.807) is 29.6 Å². The van der Waals surface area contributed by atoms with Crippen LogP contribution in [-0.4, -0.2) is 54.4 Å². The van der Waals surface area contributed by atoms with Gasteiger partial charge in [-0.3, -0.25) is 19.7 Å². The normalized spacial score (nSPS) is 23.0. The number of nitro benzene ring substituents is 1. The lowest BCUT2D eigenvalue weighted by atomic mass is 9.68. The number of allylic oxidation sites excluding steroid dienone is 2. The van der Waals surface area contributed by atoms with Crippen LogP contribution in [0.3, 0.4) is 0 Å². The molecule has 0 aliphatic heterocycles. The Morgan fingerprint density at radius 2 is 1.67 bits per heavy atom. The van der Waals surface area contributed by atoms with E-state index >= 15 is 0 Å². The average molecular weight is 770 g/mol. The molecule has 298 valence electrons. The number of aliphatic hydroxyl groups is 1. The Balaban J connectivity index is 1.35. The summed E-state index contributed by atoms with van der Waals surface area (Å²) in [5.41, 5.74) is 0.435. The number of non-ortho nitro benzene ring substituents is 1. The van der Waals surface area contributed by atoms with Gasteiger partial charge >= 0.3 is 12.1 Å². The number of aliphatic hydroxyl groups excluding tert-OH is 1. The quantitative estimate of drug-likeness (QED) is 0.0697. The molecule has 5 atom stereocenters. The zero-order valence-corrected chi connectivity index (χ0v) is 32.2. The summed E-state index contributed by atoms with van der Waals surface area (Å²) in [4.78, 5) is 36.6. The van der Waals surface area contributed by atoms with Crippen molar-refractivity contribution in [2.75, 3.05) is 20.3 Å². The first-order valence-electron chi connectivity index (χ1n) is 18.5. The van der Waals surface area contributed by atoms with Gasteiger partial charge in [0, 0.05) is 48.2 Å². The summed E-state index contributed by atoms with van der Waals surface area (Å²) in [5.74, 6) is -3.72. The van der Waals surface area contributed by atoms with Crippen LogP contribution in [0.5, 0.6) is 11.5 Å². The molecular formula is C41H50F3N3O8. The number of methoxy groups -OCH3 is 1. The first-order chi connectivity index (χ1) is 25.8. The van der Waals surface area contributed by atoms with E-state index in [0.717, 1.165) is 36.3 Å². The second kappa shape index (κ2) is 15.7. The molecule has 0 radical (unpaired) electrons. The third-order valence-corrected chi connectivity index (χ3v) is 11.7. The Morgan fingerprint density at radius 1 is 0.982 bits per heavy atom. The van der Waals surface area contributed by atoms with Crippen LogP contribution >= 0.6 is 0 Å².